The summed E-state index contributed by atoms with van der Waals surface area (Å²) in [5.41, 5.74) is 2.39. The van der Waals surface area contributed by atoms with Gasteiger partial charge in [0.1, 0.15) is 0 Å². The summed E-state index contributed by atoms with van der Waals surface area (Å²) in [5.74, 6) is 1.11. The van der Waals surface area contributed by atoms with Crippen LogP contribution in [0.2, 0.25) is 0 Å². The molecule has 0 saturated carbocycles. The van der Waals surface area contributed by atoms with Gasteiger partial charge in [-0.2, -0.15) is 0 Å². The largest absolute Gasteiger partial charge is 0.362 e. The van der Waals surface area contributed by atoms with Crippen molar-refractivity contribution in [2.75, 3.05) is 5.75 Å². The Bertz CT molecular complexity index is 390. The fraction of sp³-hybridized carbons (Fsp3) is 0.500. The molecular formula is C12H17N3S. The summed E-state index contributed by atoms with van der Waals surface area (Å²) in [6.07, 6.45) is 2.86. The molecule has 0 aliphatic carbocycles. The van der Waals surface area contributed by atoms with E-state index in [0.717, 1.165) is 23.0 Å². The normalized spacial score (nSPS) is 22.4. The van der Waals surface area contributed by atoms with Crippen molar-refractivity contribution in [3.05, 3.63) is 29.6 Å². The first-order valence-electron chi connectivity index (χ1n) is 5.66. The van der Waals surface area contributed by atoms with Gasteiger partial charge in [-0.25, -0.2) is 0 Å². The molecule has 1 fully saturated rings. The fourth-order valence-corrected chi connectivity index (χ4v) is 2.60. The number of aliphatic imine (C=N–C) groups is 1. The Balaban J connectivity index is 2.04. The van der Waals surface area contributed by atoms with Crippen molar-refractivity contribution >= 4 is 16.9 Å². The monoisotopic (exact) mass is 235 g/mol. The van der Waals surface area contributed by atoms with Crippen LogP contribution in [0.4, 0.5) is 0 Å². The van der Waals surface area contributed by atoms with Gasteiger partial charge in [-0.3, -0.25) is 9.98 Å². The molecule has 1 saturated heterocycles. The maximum absolute atomic E-state index is 4.56. The van der Waals surface area contributed by atoms with Crippen LogP contribution in [0.15, 0.2) is 23.3 Å². The highest BCUT2D eigenvalue weighted by Gasteiger charge is 2.15. The quantitative estimate of drug-likeness (QED) is 0.873. The van der Waals surface area contributed by atoms with E-state index in [1.54, 1.807) is 11.8 Å². The lowest BCUT2D eigenvalue weighted by Gasteiger charge is -2.04. The predicted octanol–water partition coefficient (Wildman–Crippen LogP) is 2.22. The maximum Gasteiger partial charge on any atom is 0.157 e. The van der Waals surface area contributed by atoms with Crippen LogP contribution < -0.4 is 5.32 Å². The van der Waals surface area contributed by atoms with Gasteiger partial charge in [0.2, 0.25) is 0 Å². The maximum atomic E-state index is 4.56. The van der Waals surface area contributed by atoms with Crippen molar-refractivity contribution in [1.29, 1.82) is 0 Å². The van der Waals surface area contributed by atoms with Gasteiger partial charge in [-0.1, -0.05) is 24.8 Å². The molecule has 0 radical (unpaired) electrons. The summed E-state index contributed by atoms with van der Waals surface area (Å²) in [6.45, 7) is 5.01. The first-order chi connectivity index (χ1) is 7.79. The smallest absolute Gasteiger partial charge is 0.157 e. The second kappa shape index (κ2) is 5.34. The zero-order chi connectivity index (χ0) is 11.4. The van der Waals surface area contributed by atoms with Gasteiger partial charge in [0.25, 0.3) is 0 Å². The molecular weight excluding hydrogens is 218 g/mol. The first-order valence-corrected chi connectivity index (χ1v) is 6.64. The minimum atomic E-state index is 0.540. The van der Waals surface area contributed by atoms with E-state index in [-0.39, 0.29) is 0 Å². The molecule has 0 spiro atoms. The van der Waals surface area contributed by atoms with Crippen molar-refractivity contribution in [1.82, 2.24) is 10.3 Å². The number of nitrogens with one attached hydrogen (secondary N) is 1. The molecule has 4 heteroatoms. The molecule has 2 rings (SSSR count). The summed E-state index contributed by atoms with van der Waals surface area (Å²) in [7, 11) is 0. The number of nitrogens with zero attached hydrogens (tertiary/aromatic N) is 2. The van der Waals surface area contributed by atoms with E-state index in [1.807, 2.05) is 12.3 Å². The number of rotatable bonds is 3. The van der Waals surface area contributed by atoms with Crippen LogP contribution in [0, 0.1) is 0 Å². The summed E-state index contributed by atoms with van der Waals surface area (Å²) >= 11 is 1.79. The van der Waals surface area contributed by atoms with Gasteiger partial charge in [0, 0.05) is 18.0 Å². The number of amidine groups is 1. The molecule has 1 unspecified atom stereocenters. The van der Waals surface area contributed by atoms with E-state index < -0.39 is 0 Å². The van der Waals surface area contributed by atoms with Crippen molar-refractivity contribution in [2.24, 2.45) is 4.99 Å². The average molecular weight is 235 g/mol. The highest BCUT2D eigenvalue weighted by Crippen LogP contribution is 2.14. The molecule has 1 aliphatic rings. The predicted molar refractivity (Wildman–Crippen MR) is 69.8 cm³/mol. The molecule has 3 nitrogen and oxygen atoms in total. The van der Waals surface area contributed by atoms with Gasteiger partial charge >= 0.3 is 0 Å². The zero-order valence-corrected chi connectivity index (χ0v) is 10.5. The third-order valence-electron chi connectivity index (χ3n) is 2.58. The summed E-state index contributed by atoms with van der Waals surface area (Å²) in [5, 5.41) is 4.40. The van der Waals surface area contributed by atoms with Crippen molar-refractivity contribution in [3.63, 3.8) is 0 Å². The van der Waals surface area contributed by atoms with Crippen LogP contribution in [0.1, 0.15) is 25.1 Å². The van der Waals surface area contributed by atoms with Crippen molar-refractivity contribution in [3.8, 4) is 0 Å². The third kappa shape index (κ3) is 2.76. The second-order valence-electron chi connectivity index (χ2n) is 3.94. The van der Waals surface area contributed by atoms with Crippen LogP contribution in [-0.2, 0) is 13.0 Å². The van der Waals surface area contributed by atoms with Gasteiger partial charge in [-0.15, -0.1) is 0 Å². The van der Waals surface area contributed by atoms with Crippen LogP contribution in [0.3, 0.4) is 0 Å². The number of pyridine rings is 1. The molecule has 86 valence electrons. The zero-order valence-electron chi connectivity index (χ0n) is 9.73. The molecule has 1 aliphatic heterocycles. The molecule has 1 atom stereocenters. The first kappa shape index (κ1) is 11.5. The number of thioether (sulfide) groups is 1. The lowest BCUT2D eigenvalue weighted by Crippen LogP contribution is -2.23. The third-order valence-corrected chi connectivity index (χ3v) is 3.76. The van der Waals surface area contributed by atoms with E-state index in [1.165, 1.54) is 5.56 Å². The van der Waals surface area contributed by atoms with E-state index in [4.69, 9.17) is 0 Å². The number of hydrogen-bond acceptors (Lipinski definition) is 3. The number of aromatic nitrogens is 1. The van der Waals surface area contributed by atoms with Gasteiger partial charge in [0.05, 0.1) is 12.2 Å². The minimum Gasteiger partial charge on any atom is -0.362 e. The van der Waals surface area contributed by atoms with E-state index >= 15 is 0 Å². The van der Waals surface area contributed by atoms with Gasteiger partial charge < -0.3 is 5.32 Å². The number of hydrogen-bond donors (Lipinski definition) is 1. The van der Waals surface area contributed by atoms with Gasteiger partial charge in [0.15, 0.2) is 5.17 Å². The Morgan fingerprint density at radius 1 is 1.62 bits per heavy atom. The SMILES string of the molecule is CCc1cccnc1CN=C1NC(C)CS1. The van der Waals surface area contributed by atoms with Crippen molar-refractivity contribution in [2.45, 2.75) is 32.9 Å². The Morgan fingerprint density at radius 2 is 2.50 bits per heavy atom. The Labute approximate surface area is 101 Å². The Kier molecular flexibility index (Phi) is 3.83. The van der Waals surface area contributed by atoms with E-state index in [2.05, 4.69) is 35.2 Å². The molecule has 1 aromatic heterocycles. The summed E-state index contributed by atoms with van der Waals surface area (Å²) in [4.78, 5) is 8.94. The lowest BCUT2D eigenvalue weighted by molar-refractivity contribution is 0.763. The fourth-order valence-electron chi connectivity index (χ4n) is 1.67. The lowest BCUT2D eigenvalue weighted by atomic mass is 10.1. The molecule has 1 N–H and O–H groups in total. The van der Waals surface area contributed by atoms with Crippen LogP contribution >= 0.6 is 11.8 Å². The standard InChI is InChI=1S/C12H17N3S/c1-3-10-5-4-6-13-11(10)7-14-12-15-9(2)8-16-12/h4-6,9H,3,7-8H2,1-2H3,(H,14,15). The van der Waals surface area contributed by atoms with Crippen LogP contribution in [0.25, 0.3) is 0 Å². The molecule has 16 heavy (non-hydrogen) atoms. The summed E-state index contributed by atoms with van der Waals surface area (Å²) < 4.78 is 0. The molecule has 2 heterocycles. The highest BCUT2D eigenvalue weighted by molar-refractivity contribution is 8.14. The van der Waals surface area contributed by atoms with E-state index in [9.17, 15) is 0 Å². The highest BCUT2D eigenvalue weighted by atomic mass is 32.2. The molecule has 0 bridgehead atoms. The second-order valence-corrected chi connectivity index (χ2v) is 4.95. The molecule has 0 amide bonds. The van der Waals surface area contributed by atoms with E-state index in [0.29, 0.717) is 12.6 Å². The Hall–Kier alpha value is -1.03. The van der Waals surface area contributed by atoms with Crippen LogP contribution in [-0.4, -0.2) is 21.9 Å². The van der Waals surface area contributed by atoms with Gasteiger partial charge in [-0.05, 0) is 25.0 Å². The molecule has 1 aromatic rings. The van der Waals surface area contributed by atoms with Crippen LogP contribution in [0.5, 0.6) is 0 Å². The topological polar surface area (TPSA) is 37.3 Å². The summed E-state index contributed by atoms with van der Waals surface area (Å²) in [6, 6.07) is 4.65. The Morgan fingerprint density at radius 3 is 3.19 bits per heavy atom. The average Bonchev–Trinajstić information content (AvgIpc) is 2.73. The number of aryl methyl sites for hydroxylation is 1. The molecule has 0 aromatic carbocycles. The van der Waals surface area contributed by atoms with Crippen molar-refractivity contribution < 1.29 is 0 Å². The minimum absolute atomic E-state index is 0.540.